The molecule has 23 heavy (non-hydrogen) atoms. The average Bonchev–Trinajstić information content (AvgIpc) is 3.03. The molecular weight excluding hydrogens is 284 g/mol. The van der Waals surface area contributed by atoms with Crippen molar-refractivity contribution in [3.05, 3.63) is 23.4 Å². The fourth-order valence-corrected chi connectivity index (χ4v) is 3.33. The number of hydrogen-bond acceptors (Lipinski definition) is 3. The van der Waals surface area contributed by atoms with Crippen LogP contribution < -0.4 is 0 Å². The van der Waals surface area contributed by atoms with E-state index in [1.54, 1.807) is 0 Å². The normalized spacial score (nSPS) is 30.0. The predicted octanol–water partition coefficient (Wildman–Crippen LogP) is 4.72. The zero-order valence-electron chi connectivity index (χ0n) is 15.2. The summed E-state index contributed by atoms with van der Waals surface area (Å²) in [4.78, 5) is 9.66. The molecule has 1 N–H and O–H groups in total. The summed E-state index contributed by atoms with van der Waals surface area (Å²) < 4.78 is 0. The molecule has 0 aromatic rings. The van der Waals surface area contributed by atoms with Gasteiger partial charge in [0.15, 0.2) is 0 Å². The molecule has 0 aromatic carbocycles. The van der Waals surface area contributed by atoms with Crippen molar-refractivity contribution in [1.29, 1.82) is 0 Å². The number of aliphatic imine (C=N–C) groups is 2. The second kappa shape index (κ2) is 8.05. The molecule has 2 rings (SSSR count). The molecular formula is C20H32N2O. The number of hydrogen-bond donors (Lipinski definition) is 1. The number of aliphatic hydroxyl groups excluding tert-OH is 1. The van der Waals surface area contributed by atoms with Crippen LogP contribution in [0.15, 0.2) is 33.4 Å². The van der Waals surface area contributed by atoms with Gasteiger partial charge in [0.05, 0.1) is 6.54 Å². The van der Waals surface area contributed by atoms with Crippen LogP contribution in [0.1, 0.15) is 66.2 Å². The molecule has 1 fully saturated rings. The van der Waals surface area contributed by atoms with Gasteiger partial charge >= 0.3 is 0 Å². The maximum atomic E-state index is 9.46. The van der Waals surface area contributed by atoms with Gasteiger partial charge in [-0.2, -0.15) is 0 Å². The van der Waals surface area contributed by atoms with Crippen molar-refractivity contribution in [2.24, 2.45) is 21.3 Å². The Kier molecular flexibility index (Phi) is 6.34. The molecule has 1 heterocycles. The smallest absolute Gasteiger partial charge is 0.0606 e. The van der Waals surface area contributed by atoms with Crippen molar-refractivity contribution < 1.29 is 5.11 Å². The molecule has 0 radical (unpaired) electrons. The van der Waals surface area contributed by atoms with E-state index in [2.05, 4.69) is 39.8 Å². The van der Waals surface area contributed by atoms with E-state index >= 15 is 0 Å². The van der Waals surface area contributed by atoms with Crippen LogP contribution in [-0.4, -0.2) is 29.7 Å². The van der Waals surface area contributed by atoms with E-state index in [-0.39, 0.29) is 12.0 Å². The largest absolute Gasteiger partial charge is 0.396 e. The summed E-state index contributed by atoms with van der Waals surface area (Å²) in [6, 6.07) is 0. The fourth-order valence-electron chi connectivity index (χ4n) is 3.33. The van der Waals surface area contributed by atoms with E-state index < -0.39 is 0 Å². The molecule has 2 aliphatic rings. The first kappa shape index (κ1) is 18.1. The maximum Gasteiger partial charge on any atom is 0.0606 e. The summed E-state index contributed by atoms with van der Waals surface area (Å²) in [5.41, 5.74) is 4.65. The molecule has 1 aliphatic carbocycles. The average molecular weight is 316 g/mol. The zero-order valence-corrected chi connectivity index (χ0v) is 15.2. The summed E-state index contributed by atoms with van der Waals surface area (Å²) in [6.45, 7) is 9.36. The maximum absolute atomic E-state index is 9.46. The highest BCUT2D eigenvalue weighted by molar-refractivity contribution is 5.99. The van der Waals surface area contributed by atoms with Crippen molar-refractivity contribution in [3.8, 4) is 0 Å². The van der Waals surface area contributed by atoms with Gasteiger partial charge in [0, 0.05) is 29.6 Å². The van der Waals surface area contributed by atoms with Gasteiger partial charge in [0.25, 0.3) is 0 Å². The number of nitrogens with zero attached hydrogens (tertiary/aromatic N) is 2. The van der Waals surface area contributed by atoms with Crippen LogP contribution >= 0.6 is 0 Å². The summed E-state index contributed by atoms with van der Waals surface area (Å²) in [7, 11) is 0. The van der Waals surface area contributed by atoms with Crippen molar-refractivity contribution in [1.82, 2.24) is 0 Å². The van der Waals surface area contributed by atoms with E-state index in [0.717, 1.165) is 30.8 Å². The molecule has 0 aromatic heterocycles. The van der Waals surface area contributed by atoms with Gasteiger partial charge in [0.2, 0.25) is 0 Å². The lowest BCUT2D eigenvalue weighted by atomic mass is 9.87. The second-order valence-corrected chi connectivity index (χ2v) is 7.89. The summed E-state index contributed by atoms with van der Waals surface area (Å²) in [5.74, 6) is 0.619. The number of allylic oxidation sites excluding steroid dienone is 3. The summed E-state index contributed by atoms with van der Waals surface area (Å²) >= 11 is 0. The molecule has 3 heteroatoms. The molecule has 0 saturated heterocycles. The monoisotopic (exact) mass is 316 g/mol. The molecule has 0 spiro atoms. The van der Waals surface area contributed by atoms with E-state index in [0.29, 0.717) is 5.92 Å². The molecule has 3 nitrogen and oxygen atoms in total. The Morgan fingerprint density at radius 1 is 1.17 bits per heavy atom. The first-order valence-electron chi connectivity index (χ1n) is 8.98. The Morgan fingerprint density at radius 2 is 1.87 bits per heavy atom. The van der Waals surface area contributed by atoms with E-state index in [4.69, 9.17) is 9.98 Å². The Hall–Kier alpha value is -1.22. The minimum absolute atomic E-state index is 0.0313. The predicted molar refractivity (Wildman–Crippen MR) is 99.3 cm³/mol. The number of rotatable bonds is 5. The van der Waals surface area contributed by atoms with Crippen LogP contribution in [0.3, 0.4) is 0 Å². The van der Waals surface area contributed by atoms with E-state index in [9.17, 15) is 5.11 Å². The van der Waals surface area contributed by atoms with Gasteiger partial charge in [-0.3, -0.25) is 9.98 Å². The van der Waals surface area contributed by atoms with Crippen LogP contribution in [0.2, 0.25) is 0 Å². The van der Waals surface area contributed by atoms with Gasteiger partial charge in [-0.15, -0.1) is 0 Å². The fraction of sp³-hybridized carbons (Fsp3) is 0.700. The van der Waals surface area contributed by atoms with Gasteiger partial charge in [-0.1, -0.05) is 26.7 Å². The highest BCUT2D eigenvalue weighted by Crippen LogP contribution is 2.28. The Labute approximate surface area is 141 Å². The highest BCUT2D eigenvalue weighted by Gasteiger charge is 2.21. The van der Waals surface area contributed by atoms with Crippen molar-refractivity contribution >= 4 is 11.4 Å². The van der Waals surface area contributed by atoms with E-state index in [1.165, 1.54) is 37.0 Å². The molecule has 1 aliphatic heterocycles. The van der Waals surface area contributed by atoms with E-state index in [1.807, 2.05) is 0 Å². The highest BCUT2D eigenvalue weighted by atomic mass is 16.3. The minimum atomic E-state index is -0.0313. The van der Waals surface area contributed by atoms with Crippen LogP contribution in [0, 0.1) is 11.3 Å². The lowest BCUT2D eigenvalue weighted by Crippen LogP contribution is -2.17. The molecule has 0 unspecified atom stereocenters. The SMILES string of the molecule is CC1=N/C(C)=C/C(C2CCCC2)=N\C/C(CCC(C)(C)CO)=C\1. The van der Waals surface area contributed by atoms with Gasteiger partial charge < -0.3 is 5.11 Å². The van der Waals surface area contributed by atoms with Gasteiger partial charge in [-0.25, -0.2) is 0 Å². The van der Waals surface area contributed by atoms with Crippen LogP contribution in [-0.2, 0) is 0 Å². The molecule has 0 amide bonds. The lowest BCUT2D eigenvalue weighted by Gasteiger charge is -2.22. The van der Waals surface area contributed by atoms with Crippen LogP contribution in [0.25, 0.3) is 0 Å². The topological polar surface area (TPSA) is 45.0 Å². The summed E-state index contributed by atoms with van der Waals surface area (Å²) in [6.07, 6.45) is 11.5. The summed E-state index contributed by atoms with van der Waals surface area (Å²) in [5, 5.41) is 9.46. The van der Waals surface area contributed by atoms with Crippen LogP contribution in [0.5, 0.6) is 0 Å². The quantitative estimate of drug-likeness (QED) is 0.783. The Balaban J connectivity index is 2.17. The van der Waals surface area contributed by atoms with Crippen molar-refractivity contribution in [3.63, 3.8) is 0 Å². The standard InChI is InChI=1S/C20H32N2O/c1-15-11-17(9-10-20(3,4)14-23)13-21-19(12-16(2)22-15)18-7-5-6-8-18/h11-12,18,23H,5-10,13-14H2,1-4H3/b16-12+,17-11-,21-19+,22-15-. The van der Waals surface area contributed by atoms with Gasteiger partial charge in [-0.05, 0) is 62.7 Å². The first-order valence-corrected chi connectivity index (χ1v) is 8.98. The lowest BCUT2D eigenvalue weighted by molar-refractivity contribution is 0.150. The molecule has 128 valence electrons. The third-order valence-corrected chi connectivity index (χ3v) is 4.91. The number of aliphatic hydroxyl groups is 1. The molecule has 1 saturated carbocycles. The minimum Gasteiger partial charge on any atom is -0.396 e. The Bertz CT molecular complexity index is 532. The first-order chi connectivity index (χ1) is 10.9. The second-order valence-electron chi connectivity index (χ2n) is 7.89. The van der Waals surface area contributed by atoms with Crippen molar-refractivity contribution in [2.45, 2.75) is 66.2 Å². The third-order valence-electron chi connectivity index (χ3n) is 4.91. The third kappa shape index (κ3) is 5.72. The Morgan fingerprint density at radius 3 is 2.52 bits per heavy atom. The zero-order chi connectivity index (χ0) is 16.9. The van der Waals surface area contributed by atoms with Gasteiger partial charge in [0.1, 0.15) is 0 Å². The van der Waals surface area contributed by atoms with Crippen LogP contribution in [0.4, 0.5) is 0 Å². The molecule has 0 bridgehead atoms. The molecule has 0 atom stereocenters. The van der Waals surface area contributed by atoms with Crippen molar-refractivity contribution in [2.75, 3.05) is 13.2 Å².